The van der Waals surface area contributed by atoms with Crippen LogP contribution in [0.4, 0.5) is 0 Å². The van der Waals surface area contributed by atoms with Gasteiger partial charge in [-0.1, -0.05) is 34.6 Å². The lowest BCUT2D eigenvalue weighted by molar-refractivity contribution is -0.143. The lowest BCUT2D eigenvalue weighted by atomic mass is 9.86. The number of nitrogens with one attached hydrogen (secondary N) is 3. The molecule has 5 atom stereocenters. The number of fused-ring (bicyclic) bond motifs is 2. The monoisotopic (exact) mass is 560 g/mol. The van der Waals surface area contributed by atoms with Gasteiger partial charge in [-0.25, -0.2) is 13.1 Å². The van der Waals surface area contributed by atoms with Crippen molar-refractivity contribution in [3.8, 4) is 6.07 Å². The number of hydrogen-bond donors (Lipinski definition) is 3. The molecule has 3 N–H and O–H groups in total. The molecule has 3 heterocycles. The fourth-order valence-electron chi connectivity index (χ4n) is 6.23. The Balaban J connectivity index is 1.55. The van der Waals surface area contributed by atoms with Crippen LogP contribution in [0.5, 0.6) is 0 Å². The van der Waals surface area contributed by atoms with E-state index >= 15 is 0 Å². The van der Waals surface area contributed by atoms with Crippen LogP contribution in [0.3, 0.4) is 0 Å². The van der Waals surface area contributed by atoms with Gasteiger partial charge in [-0.3, -0.25) is 14.4 Å². The van der Waals surface area contributed by atoms with Crippen molar-refractivity contribution in [1.29, 1.82) is 5.26 Å². The zero-order valence-electron chi connectivity index (χ0n) is 23.8. The van der Waals surface area contributed by atoms with Crippen LogP contribution >= 0.6 is 0 Å². The first-order valence-corrected chi connectivity index (χ1v) is 15.2. The second-order valence-corrected chi connectivity index (χ2v) is 14.9. The van der Waals surface area contributed by atoms with Crippen LogP contribution in [-0.2, 0) is 39.0 Å². The molecule has 11 nitrogen and oxygen atoms in total. The average Bonchev–Trinajstić information content (AvgIpc) is 3.14. The van der Waals surface area contributed by atoms with Crippen molar-refractivity contribution in [2.24, 2.45) is 22.7 Å². The summed E-state index contributed by atoms with van der Waals surface area (Å²) in [6, 6.07) is 1.08. The molecule has 4 rings (SSSR count). The molecule has 3 aliphatic rings. The first-order valence-electron chi connectivity index (χ1n) is 13.3. The van der Waals surface area contributed by atoms with Crippen molar-refractivity contribution in [2.75, 3.05) is 26.4 Å². The highest BCUT2D eigenvalue weighted by molar-refractivity contribution is 7.88. The third kappa shape index (κ3) is 5.90. The number of nitrogens with zero attached hydrogens (tertiary/aromatic N) is 3. The van der Waals surface area contributed by atoms with E-state index in [0.717, 1.165) is 30.5 Å². The van der Waals surface area contributed by atoms with Gasteiger partial charge in [0, 0.05) is 37.3 Å². The average molecular weight is 561 g/mol. The van der Waals surface area contributed by atoms with Crippen LogP contribution in [0, 0.1) is 34.0 Å². The van der Waals surface area contributed by atoms with E-state index in [1.54, 1.807) is 20.8 Å². The Labute approximate surface area is 230 Å². The number of hydrogen-bond acceptors (Lipinski definition) is 7. The highest BCUT2D eigenvalue weighted by Gasteiger charge is 2.69. The van der Waals surface area contributed by atoms with Gasteiger partial charge in [-0.15, -0.1) is 0 Å². The molecule has 1 saturated carbocycles. The van der Waals surface area contributed by atoms with Gasteiger partial charge < -0.3 is 20.1 Å². The van der Waals surface area contributed by atoms with Gasteiger partial charge in [0.1, 0.15) is 18.1 Å². The molecular weight excluding hydrogens is 520 g/mol. The summed E-state index contributed by atoms with van der Waals surface area (Å²) in [5.74, 6) is -0.932. The number of likely N-dealkylation sites (tertiary alicyclic amines) is 1. The molecule has 0 bridgehead atoms. The normalized spacial score (nSPS) is 25.7. The third-order valence-corrected chi connectivity index (χ3v) is 9.25. The van der Waals surface area contributed by atoms with Crippen LogP contribution in [0.1, 0.15) is 51.4 Å². The number of carbonyl (C=O) groups is 2. The van der Waals surface area contributed by atoms with E-state index in [1.165, 1.54) is 4.90 Å². The summed E-state index contributed by atoms with van der Waals surface area (Å²) in [6.45, 7) is 11.2. The smallest absolute Gasteiger partial charge is 0.251 e. The van der Waals surface area contributed by atoms with Gasteiger partial charge in [0.25, 0.3) is 5.56 Å². The van der Waals surface area contributed by atoms with Crippen molar-refractivity contribution in [3.05, 3.63) is 33.2 Å². The summed E-state index contributed by atoms with van der Waals surface area (Å²) in [7, 11) is -1.71. The van der Waals surface area contributed by atoms with Crippen LogP contribution in [0.25, 0.3) is 0 Å². The van der Waals surface area contributed by atoms with Gasteiger partial charge in [0.2, 0.25) is 21.8 Å². The largest absolute Gasteiger partial charge is 0.338 e. The zero-order valence-corrected chi connectivity index (χ0v) is 24.6. The molecule has 1 saturated heterocycles. The summed E-state index contributed by atoms with van der Waals surface area (Å²) in [5, 5.41) is 12.7. The molecule has 214 valence electrons. The Morgan fingerprint density at radius 1 is 1.31 bits per heavy atom. The van der Waals surface area contributed by atoms with Gasteiger partial charge in [0.05, 0.1) is 12.3 Å². The number of pyridine rings is 1. The van der Waals surface area contributed by atoms with Crippen molar-refractivity contribution in [3.63, 3.8) is 0 Å². The number of aromatic nitrogens is 1. The molecular formula is C27H40N6O5S. The van der Waals surface area contributed by atoms with Crippen LogP contribution in [0.2, 0.25) is 0 Å². The molecule has 0 spiro atoms. The topological polar surface area (TPSA) is 155 Å². The van der Waals surface area contributed by atoms with E-state index in [1.807, 2.05) is 27.0 Å². The fraction of sp³-hybridized carbons (Fsp3) is 0.704. The van der Waals surface area contributed by atoms with Crippen molar-refractivity contribution in [2.45, 2.75) is 72.1 Å². The van der Waals surface area contributed by atoms with Crippen molar-refractivity contribution >= 4 is 21.8 Å². The Hall–Kier alpha value is -2.75. The zero-order chi connectivity index (χ0) is 29.1. The number of piperidine rings is 1. The Morgan fingerprint density at radius 3 is 2.56 bits per heavy atom. The summed E-state index contributed by atoms with van der Waals surface area (Å²) in [4.78, 5) is 46.7. The lowest BCUT2D eigenvalue weighted by Gasteiger charge is -2.37. The Morgan fingerprint density at radius 2 is 1.97 bits per heavy atom. The number of nitriles is 1. The number of amides is 2. The maximum Gasteiger partial charge on any atom is 0.251 e. The lowest BCUT2D eigenvalue weighted by Crippen LogP contribution is -2.59. The number of carbonyl (C=O) groups excluding carboxylic acids is 2. The van der Waals surface area contributed by atoms with Gasteiger partial charge in [0.15, 0.2) is 0 Å². The minimum absolute atomic E-state index is 0.0408. The predicted octanol–water partition coefficient (Wildman–Crippen LogP) is 0.361. The molecule has 1 aliphatic carbocycles. The van der Waals surface area contributed by atoms with Crippen molar-refractivity contribution < 1.29 is 18.0 Å². The van der Waals surface area contributed by atoms with Gasteiger partial charge >= 0.3 is 0 Å². The molecule has 12 heteroatoms. The highest BCUT2D eigenvalue weighted by Crippen LogP contribution is 2.65. The number of rotatable bonds is 7. The number of sulfonamides is 1. The van der Waals surface area contributed by atoms with Crippen LogP contribution < -0.4 is 15.6 Å². The standard InChI is InChI=1S/C27H40N6O5S/c1-26(2,3)22(31-39(7,37)38)25(36)33-13-18-20(27(18,4)5)21(33)24(35)29-17(12-28)11-16-10-15-8-9-32(6)14-19(15)30-23(16)34/h10,17-18,20-22,31H,8-9,11,13-14H2,1-7H3,(H,29,35)(H,30,34)/t17?,18-,20+,21-,22+/m0/s1. The fourth-order valence-corrected chi connectivity index (χ4v) is 7.12. The van der Waals surface area contributed by atoms with E-state index in [4.69, 9.17) is 0 Å². The minimum Gasteiger partial charge on any atom is -0.338 e. The third-order valence-electron chi connectivity index (χ3n) is 8.58. The molecule has 2 fully saturated rings. The molecule has 1 aromatic heterocycles. The first kappa shape index (κ1) is 29.2. The Kier molecular flexibility index (Phi) is 7.51. The quantitative estimate of drug-likeness (QED) is 0.435. The van der Waals surface area contributed by atoms with Crippen molar-refractivity contribution in [1.82, 2.24) is 24.8 Å². The first-order chi connectivity index (χ1) is 17.9. The molecule has 2 aliphatic heterocycles. The second-order valence-electron chi connectivity index (χ2n) is 13.1. The molecule has 0 aromatic carbocycles. The number of aromatic amines is 1. The predicted molar refractivity (Wildman–Crippen MR) is 146 cm³/mol. The van der Waals surface area contributed by atoms with E-state index < -0.39 is 45.4 Å². The Bertz CT molecular complexity index is 1370. The van der Waals surface area contributed by atoms with Crippen LogP contribution in [0.15, 0.2) is 10.9 Å². The SMILES string of the molecule is CN1CCc2cc(CC(C#N)NC(=O)[C@@H]3[C@H]4[C@H](CN3C(=O)[C@@H](NS(C)(=O)=O)C(C)(C)C)C4(C)C)c(=O)[nH]c2C1. The van der Waals surface area contributed by atoms with Crippen LogP contribution in [-0.4, -0.2) is 79.5 Å². The molecule has 0 radical (unpaired) electrons. The number of H-pyrrole nitrogens is 1. The molecule has 1 unspecified atom stereocenters. The minimum atomic E-state index is -3.69. The van der Waals surface area contributed by atoms with E-state index in [2.05, 4.69) is 26.0 Å². The maximum atomic E-state index is 13.7. The molecule has 39 heavy (non-hydrogen) atoms. The van der Waals surface area contributed by atoms with E-state index in [-0.39, 0.29) is 29.2 Å². The highest BCUT2D eigenvalue weighted by atomic mass is 32.2. The second kappa shape index (κ2) is 10.0. The van der Waals surface area contributed by atoms with Gasteiger partial charge in [-0.05, 0) is 47.8 Å². The summed E-state index contributed by atoms with van der Waals surface area (Å²) >= 11 is 0. The molecule has 2 amide bonds. The summed E-state index contributed by atoms with van der Waals surface area (Å²) in [5.41, 5.74) is 1.16. The summed E-state index contributed by atoms with van der Waals surface area (Å²) < 4.78 is 26.6. The summed E-state index contributed by atoms with van der Waals surface area (Å²) in [6.07, 6.45) is 1.83. The number of likely N-dealkylation sites (N-methyl/N-ethyl adjacent to an activating group) is 1. The molecule has 1 aromatic rings. The van der Waals surface area contributed by atoms with E-state index in [0.29, 0.717) is 18.7 Å². The van der Waals surface area contributed by atoms with E-state index in [9.17, 15) is 28.1 Å². The maximum absolute atomic E-state index is 13.7. The van der Waals surface area contributed by atoms with Gasteiger partial charge in [-0.2, -0.15) is 5.26 Å².